The number of furan rings is 1. The van der Waals surface area contributed by atoms with Crippen molar-refractivity contribution in [1.29, 1.82) is 0 Å². The van der Waals surface area contributed by atoms with E-state index in [1.807, 2.05) is 13.8 Å². The Kier molecular flexibility index (Phi) is 4.12. The van der Waals surface area contributed by atoms with E-state index in [1.165, 1.54) is 23.5 Å². The highest BCUT2D eigenvalue weighted by Gasteiger charge is 2.24. The topological polar surface area (TPSA) is 70.8 Å². The highest BCUT2D eigenvalue weighted by atomic mass is 32.2. The van der Waals surface area contributed by atoms with Gasteiger partial charge in [0.05, 0.1) is 0 Å². The van der Waals surface area contributed by atoms with Gasteiger partial charge in [0.25, 0.3) is 10.0 Å². The number of hydrogen-bond acceptors (Lipinski definition) is 4. The number of sulfonamides is 1. The molecule has 1 heterocycles. The van der Waals surface area contributed by atoms with Crippen molar-refractivity contribution in [3.8, 4) is 0 Å². The summed E-state index contributed by atoms with van der Waals surface area (Å²) in [7, 11) is -2.06. The van der Waals surface area contributed by atoms with Crippen LogP contribution in [0.2, 0.25) is 0 Å². The second kappa shape index (κ2) is 4.99. The van der Waals surface area contributed by atoms with E-state index in [-0.39, 0.29) is 23.4 Å². The Balaban J connectivity index is 2.92. The molecular weight excluding hydrogens is 230 g/mol. The summed E-state index contributed by atoms with van der Waals surface area (Å²) in [6.07, 6.45) is 0. The summed E-state index contributed by atoms with van der Waals surface area (Å²) in [4.78, 5) is 0. The molecule has 16 heavy (non-hydrogen) atoms. The van der Waals surface area contributed by atoms with Gasteiger partial charge in [0.2, 0.25) is 5.09 Å². The predicted molar refractivity (Wildman–Crippen MR) is 59.3 cm³/mol. The Labute approximate surface area is 95.7 Å². The first-order valence-electron chi connectivity index (χ1n) is 5.04. The molecule has 0 spiro atoms. The van der Waals surface area contributed by atoms with Gasteiger partial charge in [0.1, 0.15) is 12.4 Å². The lowest BCUT2D eigenvalue weighted by atomic mass is 10.2. The molecule has 92 valence electrons. The lowest BCUT2D eigenvalue weighted by Crippen LogP contribution is -2.30. The average molecular weight is 247 g/mol. The zero-order chi connectivity index (χ0) is 12.3. The van der Waals surface area contributed by atoms with Gasteiger partial charge in [-0.2, -0.15) is 4.31 Å². The highest BCUT2D eigenvalue weighted by molar-refractivity contribution is 7.89. The van der Waals surface area contributed by atoms with Crippen LogP contribution in [0, 0.1) is 5.92 Å². The van der Waals surface area contributed by atoms with Crippen LogP contribution >= 0.6 is 0 Å². The van der Waals surface area contributed by atoms with E-state index in [1.54, 1.807) is 0 Å². The molecule has 0 aromatic carbocycles. The fourth-order valence-electron chi connectivity index (χ4n) is 1.35. The minimum Gasteiger partial charge on any atom is -0.446 e. The number of aliphatic hydroxyl groups excluding tert-OH is 1. The molecule has 0 radical (unpaired) electrons. The van der Waals surface area contributed by atoms with Crippen LogP contribution in [0.4, 0.5) is 0 Å². The van der Waals surface area contributed by atoms with Crippen LogP contribution in [0.1, 0.15) is 19.6 Å². The van der Waals surface area contributed by atoms with E-state index in [0.29, 0.717) is 6.54 Å². The monoisotopic (exact) mass is 247 g/mol. The lowest BCUT2D eigenvalue weighted by molar-refractivity contribution is 0.235. The van der Waals surface area contributed by atoms with E-state index in [4.69, 9.17) is 9.52 Å². The van der Waals surface area contributed by atoms with Gasteiger partial charge in [0.15, 0.2) is 0 Å². The SMILES string of the molecule is CC(C)CN(C)S(=O)(=O)c1ccc(CO)o1. The van der Waals surface area contributed by atoms with Gasteiger partial charge in [-0.25, -0.2) is 8.42 Å². The number of nitrogens with zero attached hydrogens (tertiary/aromatic N) is 1. The molecule has 0 aliphatic heterocycles. The minimum absolute atomic E-state index is 0.125. The maximum absolute atomic E-state index is 11.9. The van der Waals surface area contributed by atoms with Crippen LogP contribution in [0.3, 0.4) is 0 Å². The second-order valence-electron chi connectivity index (χ2n) is 4.06. The van der Waals surface area contributed by atoms with Crippen molar-refractivity contribution in [2.24, 2.45) is 5.92 Å². The molecule has 0 saturated carbocycles. The van der Waals surface area contributed by atoms with Crippen molar-refractivity contribution >= 4 is 10.0 Å². The predicted octanol–water partition coefficient (Wildman–Crippen LogP) is 1.05. The molecule has 0 unspecified atom stereocenters. The summed E-state index contributed by atoms with van der Waals surface area (Å²) in [6.45, 7) is 4.00. The summed E-state index contributed by atoms with van der Waals surface area (Å²) < 4.78 is 30.2. The van der Waals surface area contributed by atoms with Gasteiger partial charge in [-0.15, -0.1) is 0 Å². The molecule has 0 saturated heterocycles. The minimum atomic E-state index is -3.57. The first kappa shape index (κ1) is 13.2. The van der Waals surface area contributed by atoms with Gasteiger partial charge in [-0.3, -0.25) is 0 Å². The molecule has 0 amide bonds. The third kappa shape index (κ3) is 2.84. The van der Waals surface area contributed by atoms with E-state index in [0.717, 1.165) is 0 Å². The third-order valence-electron chi connectivity index (χ3n) is 2.08. The van der Waals surface area contributed by atoms with Crippen molar-refractivity contribution in [1.82, 2.24) is 4.31 Å². The van der Waals surface area contributed by atoms with Gasteiger partial charge in [-0.05, 0) is 18.1 Å². The first-order valence-corrected chi connectivity index (χ1v) is 6.48. The number of aliphatic hydroxyl groups is 1. The molecular formula is C10H17NO4S. The van der Waals surface area contributed by atoms with Crippen LogP contribution in [-0.2, 0) is 16.6 Å². The summed E-state index contributed by atoms with van der Waals surface area (Å²) in [6, 6.07) is 2.81. The Morgan fingerprint density at radius 3 is 2.50 bits per heavy atom. The van der Waals surface area contributed by atoms with Crippen molar-refractivity contribution < 1.29 is 17.9 Å². The zero-order valence-corrected chi connectivity index (χ0v) is 10.5. The largest absolute Gasteiger partial charge is 0.446 e. The molecule has 5 nitrogen and oxygen atoms in total. The molecule has 0 atom stereocenters. The summed E-state index contributed by atoms with van der Waals surface area (Å²) in [5, 5.41) is 8.67. The van der Waals surface area contributed by atoms with Gasteiger partial charge < -0.3 is 9.52 Å². The molecule has 1 rings (SSSR count). The normalized spacial score (nSPS) is 12.6. The maximum Gasteiger partial charge on any atom is 0.276 e. The Morgan fingerprint density at radius 1 is 1.44 bits per heavy atom. The fraction of sp³-hybridized carbons (Fsp3) is 0.600. The number of hydrogen-bond donors (Lipinski definition) is 1. The Hall–Kier alpha value is -0.850. The molecule has 1 aromatic heterocycles. The smallest absolute Gasteiger partial charge is 0.276 e. The van der Waals surface area contributed by atoms with E-state index >= 15 is 0 Å². The summed E-state index contributed by atoms with van der Waals surface area (Å²) in [5.74, 6) is 0.489. The van der Waals surface area contributed by atoms with E-state index in [9.17, 15) is 8.42 Å². The Morgan fingerprint density at radius 2 is 2.06 bits per heavy atom. The third-order valence-corrected chi connectivity index (χ3v) is 3.78. The summed E-state index contributed by atoms with van der Waals surface area (Å²) in [5.41, 5.74) is 0. The zero-order valence-electron chi connectivity index (χ0n) is 9.67. The van der Waals surface area contributed by atoms with Gasteiger partial charge in [0, 0.05) is 13.6 Å². The molecule has 0 aliphatic carbocycles. The van der Waals surface area contributed by atoms with Crippen molar-refractivity contribution in [2.75, 3.05) is 13.6 Å². The first-order chi connectivity index (χ1) is 7.37. The van der Waals surface area contributed by atoms with Crippen LogP contribution in [-0.4, -0.2) is 31.4 Å². The summed E-state index contributed by atoms with van der Waals surface area (Å²) >= 11 is 0. The van der Waals surface area contributed by atoms with Gasteiger partial charge in [-0.1, -0.05) is 13.8 Å². The standard InChI is InChI=1S/C10H17NO4S/c1-8(2)6-11(3)16(13,14)10-5-4-9(7-12)15-10/h4-5,8,12H,6-7H2,1-3H3. The molecule has 0 fully saturated rings. The van der Waals surface area contributed by atoms with Crippen LogP contribution < -0.4 is 0 Å². The van der Waals surface area contributed by atoms with Crippen molar-refractivity contribution in [2.45, 2.75) is 25.5 Å². The number of rotatable bonds is 5. The van der Waals surface area contributed by atoms with Crippen molar-refractivity contribution in [3.63, 3.8) is 0 Å². The van der Waals surface area contributed by atoms with Gasteiger partial charge >= 0.3 is 0 Å². The van der Waals surface area contributed by atoms with Crippen LogP contribution in [0.5, 0.6) is 0 Å². The maximum atomic E-state index is 11.9. The molecule has 6 heteroatoms. The second-order valence-corrected chi connectivity index (χ2v) is 6.03. The van der Waals surface area contributed by atoms with Crippen LogP contribution in [0.15, 0.2) is 21.6 Å². The highest BCUT2D eigenvalue weighted by Crippen LogP contribution is 2.18. The quantitative estimate of drug-likeness (QED) is 0.844. The Bertz CT molecular complexity index is 435. The van der Waals surface area contributed by atoms with E-state index in [2.05, 4.69) is 0 Å². The average Bonchev–Trinajstić information content (AvgIpc) is 2.65. The molecule has 0 aliphatic rings. The van der Waals surface area contributed by atoms with E-state index < -0.39 is 10.0 Å². The molecule has 0 bridgehead atoms. The van der Waals surface area contributed by atoms with Crippen LogP contribution in [0.25, 0.3) is 0 Å². The lowest BCUT2D eigenvalue weighted by Gasteiger charge is -2.17. The fourth-order valence-corrected chi connectivity index (χ4v) is 2.60. The molecule has 1 N–H and O–H groups in total. The molecule has 1 aromatic rings. The van der Waals surface area contributed by atoms with Crippen molar-refractivity contribution in [3.05, 3.63) is 17.9 Å².